The normalized spacial score (nSPS) is 20.4. The van der Waals surface area contributed by atoms with Gasteiger partial charge in [-0.3, -0.25) is 0 Å². The first kappa shape index (κ1) is 14.4. The molecule has 0 radical (unpaired) electrons. The summed E-state index contributed by atoms with van der Waals surface area (Å²) in [6.07, 6.45) is 6.17. The van der Waals surface area contributed by atoms with Crippen molar-refractivity contribution in [3.8, 4) is 0 Å². The monoisotopic (exact) mass is 284 g/mol. The average molecular weight is 285 g/mol. The van der Waals surface area contributed by atoms with Gasteiger partial charge in [0.15, 0.2) is 0 Å². The van der Waals surface area contributed by atoms with Gasteiger partial charge in [-0.15, -0.1) is 0 Å². The van der Waals surface area contributed by atoms with Gasteiger partial charge in [-0.1, -0.05) is 31.4 Å². The molecule has 106 valence electrons. The van der Waals surface area contributed by atoms with E-state index in [0.29, 0.717) is 5.69 Å². The van der Waals surface area contributed by atoms with Crippen LogP contribution < -0.4 is 10.6 Å². The summed E-state index contributed by atoms with van der Waals surface area (Å²) in [7, 11) is 0. The van der Waals surface area contributed by atoms with Crippen LogP contribution >= 0.6 is 11.6 Å². The molecule has 1 atom stereocenters. The van der Waals surface area contributed by atoms with Crippen LogP contribution in [0.3, 0.4) is 0 Å². The Kier molecular flexibility index (Phi) is 4.92. The van der Waals surface area contributed by atoms with E-state index in [1.165, 1.54) is 38.2 Å². The number of rotatable bonds is 3. The first-order valence-corrected chi connectivity index (χ1v) is 7.49. The second-order valence-corrected chi connectivity index (χ2v) is 5.80. The maximum atomic E-state index is 13.3. The van der Waals surface area contributed by atoms with Gasteiger partial charge in [0, 0.05) is 19.2 Å². The average Bonchev–Trinajstić information content (AvgIpc) is 2.60. The summed E-state index contributed by atoms with van der Waals surface area (Å²) in [6.45, 7) is 4.20. The Morgan fingerprint density at radius 1 is 1.37 bits per heavy atom. The van der Waals surface area contributed by atoms with Gasteiger partial charge < -0.3 is 10.6 Å². The minimum atomic E-state index is -0.443. The molecule has 2 nitrogen and oxygen atoms in total. The van der Waals surface area contributed by atoms with Gasteiger partial charge in [-0.05, 0) is 31.2 Å². The SMILES string of the molecule is CCCC1CCCN(c2cc(Cl)c(F)cc2N)CC1. The molecular formula is C15H22ClFN2. The van der Waals surface area contributed by atoms with Crippen molar-refractivity contribution >= 4 is 23.0 Å². The molecule has 19 heavy (non-hydrogen) atoms. The first-order valence-electron chi connectivity index (χ1n) is 7.11. The van der Waals surface area contributed by atoms with E-state index in [1.54, 1.807) is 6.07 Å². The molecule has 0 bridgehead atoms. The number of nitrogen functional groups attached to an aromatic ring is 1. The molecule has 0 spiro atoms. The van der Waals surface area contributed by atoms with E-state index in [4.69, 9.17) is 17.3 Å². The molecule has 0 aliphatic carbocycles. The van der Waals surface area contributed by atoms with Crippen molar-refractivity contribution in [2.75, 3.05) is 23.7 Å². The molecule has 0 saturated carbocycles. The Hall–Kier alpha value is -0.960. The van der Waals surface area contributed by atoms with E-state index in [9.17, 15) is 4.39 Å². The number of hydrogen-bond acceptors (Lipinski definition) is 2. The predicted molar refractivity (Wildman–Crippen MR) is 80.3 cm³/mol. The summed E-state index contributed by atoms with van der Waals surface area (Å²) in [4.78, 5) is 2.25. The van der Waals surface area contributed by atoms with Crippen molar-refractivity contribution in [1.82, 2.24) is 0 Å². The molecule has 1 unspecified atom stereocenters. The van der Waals surface area contributed by atoms with E-state index >= 15 is 0 Å². The summed E-state index contributed by atoms with van der Waals surface area (Å²) in [5, 5.41) is 0.151. The molecule has 1 aromatic rings. The third kappa shape index (κ3) is 3.53. The highest BCUT2D eigenvalue weighted by Gasteiger charge is 2.19. The maximum absolute atomic E-state index is 13.3. The van der Waals surface area contributed by atoms with Crippen molar-refractivity contribution < 1.29 is 4.39 Å². The van der Waals surface area contributed by atoms with Crippen LogP contribution in [0.15, 0.2) is 12.1 Å². The molecule has 2 rings (SSSR count). The van der Waals surface area contributed by atoms with Crippen molar-refractivity contribution in [2.45, 2.75) is 39.0 Å². The van der Waals surface area contributed by atoms with Gasteiger partial charge in [0.05, 0.1) is 16.4 Å². The highest BCUT2D eigenvalue weighted by Crippen LogP contribution is 2.32. The van der Waals surface area contributed by atoms with Gasteiger partial charge in [0.25, 0.3) is 0 Å². The number of benzene rings is 1. The Labute approximate surface area is 119 Å². The second kappa shape index (κ2) is 6.47. The molecule has 1 fully saturated rings. The van der Waals surface area contributed by atoms with Crippen LogP contribution in [0.1, 0.15) is 39.0 Å². The van der Waals surface area contributed by atoms with Crippen molar-refractivity contribution in [2.24, 2.45) is 5.92 Å². The standard InChI is InChI=1S/C15H22ClFN2/c1-2-4-11-5-3-7-19(8-6-11)15-9-12(16)13(17)10-14(15)18/h9-11H,2-8,18H2,1H3. The summed E-state index contributed by atoms with van der Waals surface area (Å²) in [5.41, 5.74) is 7.29. The zero-order chi connectivity index (χ0) is 13.8. The molecule has 1 heterocycles. The Bertz CT molecular complexity index is 436. The molecule has 0 amide bonds. The molecular weight excluding hydrogens is 263 g/mol. The Balaban J connectivity index is 2.12. The number of nitrogens with zero attached hydrogens (tertiary/aromatic N) is 1. The lowest BCUT2D eigenvalue weighted by atomic mass is 9.96. The Morgan fingerprint density at radius 2 is 2.16 bits per heavy atom. The lowest BCUT2D eigenvalue weighted by Gasteiger charge is -2.24. The highest BCUT2D eigenvalue weighted by atomic mass is 35.5. The van der Waals surface area contributed by atoms with Crippen molar-refractivity contribution in [3.05, 3.63) is 23.0 Å². The van der Waals surface area contributed by atoms with Crippen LogP contribution in [0.5, 0.6) is 0 Å². The highest BCUT2D eigenvalue weighted by molar-refractivity contribution is 6.31. The van der Waals surface area contributed by atoms with Gasteiger partial charge in [-0.25, -0.2) is 4.39 Å². The third-order valence-corrected chi connectivity index (χ3v) is 4.24. The predicted octanol–water partition coefficient (Wildman–Crippen LogP) is 4.47. The maximum Gasteiger partial charge on any atom is 0.143 e. The van der Waals surface area contributed by atoms with E-state index in [2.05, 4.69) is 11.8 Å². The summed E-state index contributed by atoms with van der Waals surface area (Å²) in [6, 6.07) is 2.98. The van der Waals surface area contributed by atoms with E-state index < -0.39 is 5.82 Å². The molecule has 1 saturated heterocycles. The number of halogens is 2. The quantitative estimate of drug-likeness (QED) is 0.830. The fourth-order valence-electron chi connectivity index (χ4n) is 2.93. The van der Waals surface area contributed by atoms with E-state index in [-0.39, 0.29) is 5.02 Å². The van der Waals surface area contributed by atoms with E-state index in [1.807, 2.05) is 0 Å². The van der Waals surface area contributed by atoms with Gasteiger partial charge >= 0.3 is 0 Å². The largest absolute Gasteiger partial charge is 0.397 e. The molecule has 1 aliphatic rings. The fraction of sp³-hybridized carbons (Fsp3) is 0.600. The van der Waals surface area contributed by atoms with Crippen molar-refractivity contribution in [1.29, 1.82) is 0 Å². The number of hydrogen-bond donors (Lipinski definition) is 1. The third-order valence-electron chi connectivity index (χ3n) is 3.95. The number of nitrogens with two attached hydrogens (primary N) is 1. The summed E-state index contributed by atoms with van der Waals surface area (Å²) < 4.78 is 13.3. The van der Waals surface area contributed by atoms with Crippen LogP contribution in [0, 0.1) is 11.7 Å². The second-order valence-electron chi connectivity index (χ2n) is 5.40. The molecule has 1 aliphatic heterocycles. The zero-order valence-corrected chi connectivity index (χ0v) is 12.2. The van der Waals surface area contributed by atoms with E-state index in [0.717, 1.165) is 24.7 Å². The minimum Gasteiger partial charge on any atom is -0.397 e. The topological polar surface area (TPSA) is 29.3 Å². The fourth-order valence-corrected chi connectivity index (χ4v) is 3.09. The molecule has 2 N–H and O–H groups in total. The van der Waals surface area contributed by atoms with Crippen LogP contribution in [0.2, 0.25) is 5.02 Å². The van der Waals surface area contributed by atoms with Gasteiger partial charge in [-0.2, -0.15) is 0 Å². The zero-order valence-electron chi connectivity index (χ0n) is 11.5. The minimum absolute atomic E-state index is 0.151. The van der Waals surface area contributed by atoms with Gasteiger partial charge in [0.2, 0.25) is 0 Å². The smallest absolute Gasteiger partial charge is 0.143 e. The lowest BCUT2D eigenvalue weighted by Crippen LogP contribution is -2.25. The number of anilines is 2. The van der Waals surface area contributed by atoms with Crippen LogP contribution in [0.4, 0.5) is 15.8 Å². The Morgan fingerprint density at radius 3 is 2.89 bits per heavy atom. The van der Waals surface area contributed by atoms with Crippen molar-refractivity contribution in [3.63, 3.8) is 0 Å². The van der Waals surface area contributed by atoms with Crippen LogP contribution in [-0.4, -0.2) is 13.1 Å². The van der Waals surface area contributed by atoms with Crippen LogP contribution in [-0.2, 0) is 0 Å². The summed E-state index contributed by atoms with van der Waals surface area (Å²) in [5.74, 6) is 0.369. The lowest BCUT2D eigenvalue weighted by molar-refractivity contribution is 0.435. The van der Waals surface area contributed by atoms with Crippen LogP contribution in [0.25, 0.3) is 0 Å². The van der Waals surface area contributed by atoms with Gasteiger partial charge in [0.1, 0.15) is 5.82 Å². The molecule has 4 heteroatoms. The summed E-state index contributed by atoms with van der Waals surface area (Å²) >= 11 is 5.87. The molecule has 0 aromatic heterocycles. The molecule has 1 aromatic carbocycles. The first-order chi connectivity index (χ1) is 9.11.